The molecule has 0 aliphatic rings. The SMILES string of the molecule is O=Cc1ccc(COC(=O)/C=C/c2ccc(O)c(O)c2)o1. The lowest BCUT2D eigenvalue weighted by atomic mass is 10.2. The van der Waals surface area contributed by atoms with Crippen LogP contribution in [0.25, 0.3) is 6.08 Å². The van der Waals surface area contributed by atoms with Gasteiger partial charge in [0.25, 0.3) is 0 Å². The molecule has 0 amide bonds. The lowest BCUT2D eigenvalue weighted by molar-refractivity contribution is -0.139. The van der Waals surface area contributed by atoms with E-state index in [0.717, 1.165) is 0 Å². The highest BCUT2D eigenvalue weighted by atomic mass is 16.5. The number of benzene rings is 1. The van der Waals surface area contributed by atoms with Crippen molar-refractivity contribution in [1.82, 2.24) is 0 Å². The van der Waals surface area contributed by atoms with Crippen LogP contribution >= 0.6 is 0 Å². The van der Waals surface area contributed by atoms with Crippen LogP contribution in [0.2, 0.25) is 0 Å². The Morgan fingerprint density at radius 1 is 1.19 bits per heavy atom. The average molecular weight is 288 g/mol. The number of furan rings is 1. The molecular formula is C15H12O6. The predicted octanol–water partition coefficient (Wildman–Crippen LogP) is 2.26. The van der Waals surface area contributed by atoms with Crippen molar-refractivity contribution in [3.8, 4) is 11.5 Å². The lowest BCUT2D eigenvalue weighted by Gasteiger charge is -2.00. The highest BCUT2D eigenvalue weighted by Crippen LogP contribution is 2.25. The standard InChI is InChI=1S/C15H12O6/c16-8-11-3-4-12(21-11)9-20-15(19)6-2-10-1-5-13(17)14(18)7-10/h1-8,17-18H,9H2/b6-2+. The van der Waals surface area contributed by atoms with E-state index in [4.69, 9.17) is 14.3 Å². The third-order valence-electron chi connectivity index (χ3n) is 2.57. The highest BCUT2D eigenvalue weighted by Gasteiger charge is 2.04. The summed E-state index contributed by atoms with van der Waals surface area (Å²) in [4.78, 5) is 21.9. The van der Waals surface area contributed by atoms with Crippen molar-refractivity contribution in [1.29, 1.82) is 0 Å². The van der Waals surface area contributed by atoms with Crippen LogP contribution in [0.3, 0.4) is 0 Å². The van der Waals surface area contributed by atoms with Gasteiger partial charge in [-0.3, -0.25) is 4.79 Å². The fraction of sp³-hybridized carbons (Fsp3) is 0.0667. The maximum absolute atomic E-state index is 11.5. The van der Waals surface area contributed by atoms with Gasteiger partial charge in [0.05, 0.1) is 0 Å². The molecule has 0 spiro atoms. The summed E-state index contributed by atoms with van der Waals surface area (Å²) < 4.78 is 9.96. The number of esters is 1. The summed E-state index contributed by atoms with van der Waals surface area (Å²) in [5, 5.41) is 18.5. The highest BCUT2D eigenvalue weighted by molar-refractivity contribution is 5.87. The Morgan fingerprint density at radius 2 is 2.00 bits per heavy atom. The van der Waals surface area contributed by atoms with Crippen molar-refractivity contribution in [3.63, 3.8) is 0 Å². The number of phenols is 2. The molecule has 2 rings (SSSR count). The van der Waals surface area contributed by atoms with Crippen LogP contribution in [0.4, 0.5) is 0 Å². The van der Waals surface area contributed by atoms with E-state index >= 15 is 0 Å². The molecule has 0 fully saturated rings. The van der Waals surface area contributed by atoms with Gasteiger partial charge in [0.15, 0.2) is 23.5 Å². The third kappa shape index (κ3) is 3.97. The Labute approximate surface area is 119 Å². The normalized spacial score (nSPS) is 10.7. The Bertz CT molecular complexity index is 683. The maximum Gasteiger partial charge on any atom is 0.331 e. The molecule has 1 aromatic carbocycles. The molecule has 0 aliphatic carbocycles. The van der Waals surface area contributed by atoms with Crippen molar-refractivity contribution >= 4 is 18.3 Å². The minimum Gasteiger partial charge on any atom is -0.504 e. The average Bonchev–Trinajstić information content (AvgIpc) is 2.94. The minimum atomic E-state index is -0.605. The lowest BCUT2D eigenvalue weighted by Crippen LogP contribution is -1.99. The summed E-state index contributed by atoms with van der Waals surface area (Å²) in [6, 6.07) is 7.16. The van der Waals surface area contributed by atoms with Crippen molar-refractivity contribution in [2.24, 2.45) is 0 Å². The molecule has 0 saturated heterocycles. The number of aromatic hydroxyl groups is 2. The van der Waals surface area contributed by atoms with Gasteiger partial charge >= 0.3 is 5.97 Å². The third-order valence-corrected chi connectivity index (χ3v) is 2.57. The largest absolute Gasteiger partial charge is 0.504 e. The zero-order chi connectivity index (χ0) is 15.2. The number of hydrogen-bond acceptors (Lipinski definition) is 6. The molecule has 2 aromatic rings. The molecule has 0 atom stereocenters. The summed E-state index contributed by atoms with van der Waals surface area (Å²) in [5.74, 6) is -0.593. The molecule has 0 unspecified atom stereocenters. The summed E-state index contributed by atoms with van der Waals surface area (Å²) in [6.07, 6.45) is 3.17. The summed E-state index contributed by atoms with van der Waals surface area (Å²) in [5.41, 5.74) is 0.531. The first-order valence-corrected chi connectivity index (χ1v) is 5.99. The van der Waals surface area contributed by atoms with Crippen LogP contribution < -0.4 is 0 Å². The van der Waals surface area contributed by atoms with Gasteiger partial charge in [-0.25, -0.2) is 4.79 Å². The van der Waals surface area contributed by atoms with E-state index < -0.39 is 5.97 Å². The van der Waals surface area contributed by atoms with Gasteiger partial charge < -0.3 is 19.4 Å². The second-order valence-electron chi connectivity index (χ2n) is 4.11. The van der Waals surface area contributed by atoms with Gasteiger partial charge in [0.1, 0.15) is 12.4 Å². The van der Waals surface area contributed by atoms with Crippen LogP contribution in [-0.2, 0) is 16.1 Å². The Hall–Kier alpha value is -3.02. The smallest absolute Gasteiger partial charge is 0.331 e. The maximum atomic E-state index is 11.5. The zero-order valence-electron chi connectivity index (χ0n) is 10.9. The number of phenolic OH excluding ortho intramolecular Hbond substituents is 2. The molecule has 6 heteroatoms. The van der Waals surface area contributed by atoms with Gasteiger partial charge in [-0.2, -0.15) is 0 Å². The van der Waals surface area contributed by atoms with E-state index in [2.05, 4.69) is 0 Å². The van der Waals surface area contributed by atoms with E-state index in [-0.39, 0.29) is 23.9 Å². The fourth-order valence-corrected chi connectivity index (χ4v) is 1.53. The summed E-state index contributed by atoms with van der Waals surface area (Å²) in [7, 11) is 0. The quantitative estimate of drug-likeness (QED) is 0.379. The number of hydrogen-bond donors (Lipinski definition) is 2. The topological polar surface area (TPSA) is 97.0 Å². The first-order valence-electron chi connectivity index (χ1n) is 5.99. The Balaban J connectivity index is 1.90. The van der Waals surface area contributed by atoms with E-state index in [1.54, 1.807) is 6.07 Å². The van der Waals surface area contributed by atoms with Gasteiger partial charge in [-0.15, -0.1) is 0 Å². The van der Waals surface area contributed by atoms with Crippen LogP contribution in [0.15, 0.2) is 40.8 Å². The van der Waals surface area contributed by atoms with E-state index in [1.165, 1.54) is 36.4 Å². The molecule has 0 saturated carbocycles. The molecule has 0 radical (unpaired) electrons. The van der Waals surface area contributed by atoms with Crippen LogP contribution in [0, 0.1) is 0 Å². The first kappa shape index (κ1) is 14.4. The molecular weight excluding hydrogens is 276 g/mol. The summed E-state index contributed by atoms with van der Waals surface area (Å²) >= 11 is 0. The number of ether oxygens (including phenoxy) is 1. The van der Waals surface area contributed by atoms with Crippen LogP contribution in [0.5, 0.6) is 11.5 Å². The van der Waals surface area contributed by atoms with E-state index in [0.29, 0.717) is 17.6 Å². The molecule has 0 bridgehead atoms. The van der Waals surface area contributed by atoms with Gasteiger partial charge in [0, 0.05) is 6.08 Å². The monoisotopic (exact) mass is 288 g/mol. The molecule has 108 valence electrons. The first-order chi connectivity index (χ1) is 10.1. The van der Waals surface area contributed by atoms with E-state index in [1.807, 2.05) is 0 Å². The second-order valence-corrected chi connectivity index (χ2v) is 4.11. The molecule has 2 N–H and O–H groups in total. The van der Waals surface area contributed by atoms with Gasteiger partial charge in [-0.05, 0) is 35.9 Å². The number of carbonyl (C=O) groups is 2. The number of carbonyl (C=O) groups excluding carboxylic acids is 2. The fourth-order valence-electron chi connectivity index (χ4n) is 1.53. The van der Waals surface area contributed by atoms with Crippen LogP contribution in [-0.4, -0.2) is 22.5 Å². The minimum absolute atomic E-state index is 0.0855. The van der Waals surface area contributed by atoms with Crippen molar-refractivity contribution in [3.05, 3.63) is 53.5 Å². The zero-order valence-corrected chi connectivity index (χ0v) is 10.9. The van der Waals surface area contributed by atoms with E-state index in [9.17, 15) is 14.7 Å². The van der Waals surface area contributed by atoms with Crippen molar-refractivity contribution < 1.29 is 29.0 Å². The van der Waals surface area contributed by atoms with Gasteiger partial charge in [0.2, 0.25) is 0 Å². The summed E-state index contributed by atoms with van der Waals surface area (Å²) in [6.45, 7) is -0.0855. The molecule has 0 aliphatic heterocycles. The number of aldehydes is 1. The number of rotatable bonds is 5. The van der Waals surface area contributed by atoms with Crippen molar-refractivity contribution in [2.45, 2.75) is 6.61 Å². The Morgan fingerprint density at radius 3 is 2.67 bits per heavy atom. The van der Waals surface area contributed by atoms with Crippen LogP contribution in [0.1, 0.15) is 21.9 Å². The molecule has 6 nitrogen and oxygen atoms in total. The van der Waals surface area contributed by atoms with Crippen molar-refractivity contribution in [2.75, 3.05) is 0 Å². The Kier molecular flexibility index (Phi) is 4.40. The molecule has 1 aromatic heterocycles. The molecule has 1 heterocycles. The molecule has 21 heavy (non-hydrogen) atoms. The second kappa shape index (κ2) is 6.42. The van der Waals surface area contributed by atoms with Gasteiger partial charge in [-0.1, -0.05) is 6.07 Å². The predicted molar refractivity (Wildman–Crippen MR) is 72.7 cm³/mol.